The number of unbranched alkanes of at least 4 members (excludes halogenated alkanes) is 11. The molecule has 0 saturated heterocycles. The van der Waals surface area contributed by atoms with Gasteiger partial charge in [-0.2, -0.15) is 0 Å². The van der Waals surface area contributed by atoms with E-state index in [1.165, 1.54) is 44.9 Å². The molecule has 0 bridgehead atoms. The predicted molar refractivity (Wildman–Crippen MR) is 217 cm³/mol. The molecule has 0 aromatic rings. The fraction of sp³-hybridized carbons (Fsp3) is 0.628. The second-order valence-electron chi connectivity index (χ2n) is 13.1. The van der Waals surface area contributed by atoms with E-state index in [-0.39, 0.29) is 19.4 Å². The molecule has 0 fully saturated rings. The Morgan fingerprint density at radius 1 is 0.604 bits per heavy atom. The maximum absolute atomic E-state index is 12.4. The van der Waals surface area contributed by atoms with E-state index in [1.807, 2.05) is 55.5 Å². The Morgan fingerprint density at radius 3 is 1.75 bits per heavy atom. The Bertz CT molecular complexity index is 1150. The van der Waals surface area contributed by atoms with E-state index in [0.29, 0.717) is 25.7 Å². The minimum atomic E-state index is -4.79. The zero-order chi connectivity index (χ0) is 39.1. The number of hydrogen-bond acceptors (Lipinski definition) is 7. The quantitative estimate of drug-likeness (QED) is 0.0189. The molecule has 53 heavy (non-hydrogen) atoms. The zero-order valence-electron chi connectivity index (χ0n) is 32.7. The molecule has 0 aliphatic rings. The molecule has 0 heterocycles. The molecule has 0 aromatic carbocycles. The van der Waals surface area contributed by atoms with E-state index in [0.717, 1.165) is 51.4 Å². The minimum absolute atomic E-state index is 0.109. The molecule has 2 atom stereocenters. The molecule has 3 N–H and O–H groups in total. The smallest absolute Gasteiger partial charge is 0.462 e. The normalized spacial score (nSPS) is 14.0. The van der Waals surface area contributed by atoms with Gasteiger partial charge in [-0.25, -0.2) is 4.57 Å². The molecule has 0 rings (SSSR count). The fourth-order valence-electron chi connectivity index (χ4n) is 4.99. The molecule has 9 nitrogen and oxygen atoms in total. The summed E-state index contributed by atoms with van der Waals surface area (Å²) in [7, 11) is -4.79. The summed E-state index contributed by atoms with van der Waals surface area (Å²) in [4.78, 5) is 42.8. The monoisotopic (exact) mass is 762 g/mol. The van der Waals surface area contributed by atoms with E-state index < -0.39 is 38.6 Å². The average molecular weight is 763 g/mol. The largest absolute Gasteiger partial charge is 0.469 e. The summed E-state index contributed by atoms with van der Waals surface area (Å²) in [5.74, 6) is -0.994. The van der Waals surface area contributed by atoms with Gasteiger partial charge in [0.2, 0.25) is 0 Å². The topological polar surface area (TPSA) is 140 Å². The number of ether oxygens (including phenoxy) is 2. The molecule has 0 aliphatic carbocycles. The highest BCUT2D eigenvalue weighted by Crippen LogP contribution is 2.36. The zero-order valence-corrected chi connectivity index (χ0v) is 33.6. The number of carbonyl (C=O) groups excluding carboxylic acids is 2. The van der Waals surface area contributed by atoms with Gasteiger partial charge in [-0.05, 0) is 77.0 Å². The van der Waals surface area contributed by atoms with Crippen molar-refractivity contribution >= 4 is 19.8 Å². The van der Waals surface area contributed by atoms with Gasteiger partial charge in [0.25, 0.3) is 0 Å². The van der Waals surface area contributed by atoms with Crippen molar-refractivity contribution in [3.63, 3.8) is 0 Å². The van der Waals surface area contributed by atoms with Crippen molar-refractivity contribution in [2.45, 2.75) is 161 Å². The third-order valence-electron chi connectivity index (χ3n) is 7.97. The van der Waals surface area contributed by atoms with Crippen LogP contribution in [0.2, 0.25) is 0 Å². The van der Waals surface area contributed by atoms with Crippen LogP contribution in [0.4, 0.5) is 0 Å². The van der Waals surface area contributed by atoms with Crippen LogP contribution in [0.5, 0.6) is 0 Å². The van der Waals surface area contributed by atoms with Crippen molar-refractivity contribution in [1.82, 2.24) is 0 Å². The number of rotatable bonds is 35. The lowest BCUT2D eigenvalue weighted by Gasteiger charge is -2.18. The van der Waals surface area contributed by atoms with Gasteiger partial charge < -0.3 is 24.4 Å². The Labute approximate surface area is 321 Å². The fourth-order valence-corrected chi connectivity index (χ4v) is 5.35. The predicted octanol–water partition coefficient (Wildman–Crippen LogP) is 11.0. The number of hydrogen-bond donors (Lipinski definition) is 3. The van der Waals surface area contributed by atoms with Crippen LogP contribution in [0.25, 0.3) is 0 Å². The van der Waals surface area contributed by atoms with Gasteiger partial charge in [-0.3, -0.25) is 14.1 Å². The van der Waals surface area contributed by atoms with Gasteiger partial charge in [0.15, 0.2) is 6.10 Å². The highest BCUT2D eigenvalue weighted by Gasteiger charge is 2.22. The molecular weight excluding hydrogens is 691 g/mol. The lowest BCUT2D eigenvalue weighted by molar-refractivity contribution is -0.161. The Kier molecular flexibility index (Phi) is 35.5. The van der Waals surface area contributed by atoms with Gasteiger partial charge in [0, 0.05) is 12.8 Å². The lowest BCUT2D eigenvalue weighted by Crippen LogP contribution is -2.29. The van der Waals surface area contributed by atoms with Crippen molar-refractivity contribution in [3.05, 3.63) is 85.1 Å². The van der Waals surface area contributed by atoms with Crippen LogP contribution in [-0.4, -0.2) is 52.3 Å². The van der Waals surface area contributed by atoms with Crippen LogP contribution in [-0.2, 0) is 28.2 Å². The second-order valence-corrected chi connectivity index (χ2v) is 14.3. The number of carbonyl (C=O) groups is 2. The Morgan fingerprint density at radius 2 is 1.13 bits per heavy atom. The summed E-state index contributed by atoms with van der Waals surface area (Å²) >= 11 is 0. The summed E-state index contributed by atoms with van der Waals surface area (Å²) in [6, 6.07) is 0. The maximum atomic E-state index is 12.4. The van der Waals surface area contributed by atoms with E-state index in [1.54, 1.807) is 0 Å². The first-order chi connectivity index (χ1) is 25.7. The molecule has 0 aromatic heterocycles. The van der Waals surface area contributed by atoms with Gasteiger partial charge in [-0.1, -0.05) is 144 Å². The molecule has 302 valence electrons. The minimum Gasteiger partial charge on any atom is -0.462 e. The number of esters is 2. The number of aliphatic hydroxyl groups is 1. The lowest BCUT2D eigenvalue weighted by atomic mass is 10.1. The summed E-state index contributed by atoms with van der Waals surface area (Å²) in [5, 5.41) is 9.74. The SMILES string of the molecule is CC/C=C\C(O)C/C=C/C=C\C/C=C\C/C=C\CCCC(=O)O[C@H](COC(=O)CCCCCCCCC/C=C\C/C=C\CCCCC)COP(=O)(O)O. The van der Waals surface area contributed by atoms with Gasteiger partial charge in [0.1, 0.15) is 6.61 Å². The standard InChI is InChI=1S/C43H71O9P/c1-3-5-7-8-9-10-11-12-13-14-15-16-20-23-26-29-32-36-42(45)50-38-41(39-51-53(47,48)49)52-43(46)37-33-30-27-24-21-18-17-19-22-25-28-31-35-40(44)34-6-4-2/h6,9-10,12-13,17-18,22,24-25,27-28,31,34,40-41,44H,3-5,7-8,11,14-16,19-21,23,26,29-30,32-33,35-39H2,1-2H3,(H2,47,48,49)/b10-9-,13-12-,18-17-,25-22-,27-24-,31-28+,34-6-/t40?,41-/m1/s1. The van der Waals surface area contributed by atoms with Crippen LogP contribution < -0.4 is 0 Å². The first kappa shape index (κ1) is 50.2. The van der Waals surface area contributed by atoms with Crippen LogP contribution in [0.1, 0.15) is 149 Å². The van der Waals surface area contributed by atoms with E-state index in [4.69, 9.17) is 19.3 Å². The van der Waals surface area contributed by atoms with E-state index in [9.17, 15) is 19.3 Å². The summed E-state index contributed by atoms with van der Waals surface area (Å²) in [6.45, 7) is 3.35. The van der Waals surface area contributed by atoms with Crippen LogP contribution >= 0.6 is 7.82 Å². The van der Waals surface area contributed by atoms with Crippen LogP contribution in [0.3, 0.4) is 0 Å². The maximum Gasteiger partial charge on any atom is 0.469 e. The van der Waals surface area contributed by atoms with Crippen molar-refractivity contribution < 1.29 is 43.0 Å². The van der Waals surface area contributed by atoms with Crippen molar-refractivity contribution in [3.8, 4) is 0 Å². The molecular formula is C43H71O9P. The number of allylic oxidation sites excluding steroid dienone is 12. The Balaban J connectivity index is 4.11. The van der Waals surface area contributed by atoms with Gasteiger partial charge in [-0.15, -0.1) is 0 Å². The number of phosphoric ester groups is 1. The third kappa shape index (κ3) is 40.2. The first-order valence-corrected chi connectivity index (χ1v) is 21.5. The molecule has 0 radical (unpaired) electrons. The summed E-state index contributed by atoms with van der Waals surface area (Å²) < 4.78 is 26.3. The molecule has 0 amide bonds. The number of phosphoric acid groups is 1. The van der Waals surface area contributed by atoms with Gasteiger partial charge in [0.05, 0.1) is 12.7 Å². The first-order valence-electron chi connectivity index (χ1n) is 20.0. The molecule has 1 unspecified atom stereocenters. The van der Waals surface area contributed by atoms with Crippen molar-refractivity contribution in [2.75, 3.05) is 13.2 Å². The van der Waals surface area contributed by atoms with Crippen LogP contribution in [0, 0.1) is 0 Å². The molecule has 10 heteroatoms. The summed E-state index contributed by atoms with van der Waals surface area (Å²) in [6.07, 6.45) is 46.5. The van der Waals surface area contributed by atoms with Crippen LogP contribution in [0.15, 0.2) is 85.1 Å². The molecule has 0 saturated carbocycles. The summed E-state index contributed by atoms with van der Waals surface area (Å²) in [5.41, 5.74) is 0. The van der Waals surface area contributed by atoms with E-state index in [2.05, 4.69) is 47.9 Å². The highest BCUT2D eigenvalue weighted by atomic mass is 31.2. The van der Waals surface area contributed by atoms with Gasteiger partial charge >= 0.3 is 19.8 Å². The average Bonchev–Trinajstić information content (AvgIpc) is 3.12. The Hall–Kier alpha value is -2.81. The highest BCUT2D eigenvalue weighted by molar-refractivity contribution is 7.46. The van der Waals surface area contributed by atoms with Crippen molar-refractivity contribution in [1.29, 1.82) is 0 Å². The number of aliphatic hydroxyl groups excluding tert-OH is 1. The molecule has 0 aliphatic heterocycles. The third-order valence-corrected chi connectivity index (χ3v) is 8.46. The molecule has 0 spiro atoms. The van der Waals surface area contributed by atoms with E-state index >= 15 is 0 Å². The van der Waals surface area contributed by atoms with Crippen molar-refractivity contribution in [2.24, 2.45) is 0 Å². The second kappa shape index (κ2) is 37.5.